The lowest BCUT2D eigenvalue weighted by atomic mass is 10.2. The van der Waals surface area contributed by atoms with E-state index in [1.54, 1.807) is 12.1 Å². The Balaban J connectivity index is 2.52. The summed E-state index contributed by atoms with van der Waals surface area (Å²) >= 11 is 0. The number of rotatable bonds is 3. The molecule has 0 aliphatic heterocycles. The van der Waals surface area contributed by atoms with Gasteiger partial charge in [-0.3, -0.25) is 20.2 Å². The first-order chi connectivity index (χ1) is 8.09. The Morgan fingerprint density at radius 2 is 1.71 bits per heavy atom. The fraction of sp³-hybridized carbons (Fsp3) is 0. The van der Waals surface area contributed by atoms with E-state index in [1.165, 1.54) is 35.2 Å². The smallest absolute Gasteiger partial charge is 0.293 e. The van der Waals surface area contributed by atoms with Gasteiger partial charge in [0.1, 0.15) is 5.69 Å². The molecule has 0 amide bonds. The Morgan fingerprint density at radius 3 is 2.29 bits per heavy atom. The minimum atomic E-state index is -0.550. The van der Waals surface area contributed by atoms with Crippen LogP contribution < -0.4 is 0 Å². The van der Waals surface area contributed by atoms with E-state index < -0.39 is 9.85 Å². The molecular weight excluding hydrogens is 226 g/mol. The number of benzene rings is 1. The van der Waals surface area contributed by atoms with E-state index in [4.69, 9.17) is 0 Å². The third kappa shape index (κ3) is 1.98. The van der Waals surface area contributed by atoms with Crippen LogP contribution in [0.2, 0.25) is 0 Å². The van der Waals surface area contributed by atoms with Gasteiger partial charge in [-0.25, -0.2) is 0 Å². The number of nitro groups is 2. The van der Waals surface area contributed by atoms with Gasteiger partial charge in [0.2, 0.25) is 0 Å². The topological polar surface area (TPSA) is 91.2 Å². The largest absolute Gasteiger partial charge is 0.311 e. The number of hydrogen-bond donors (Lipinski definition) is 0. The Bertz CT molecular complexity index is 591. The van der Waals surface area contributed by atoms with Gasteiger partial charge in [0.15, 0.2) is 0 Å². The Morgan fingerprint density at radius 1 is 1.00 bits per heavy atom. The van der Waals surface area contributed by atoms with E-state index in [2.05, 4.69) is 0 Å². The van der Waals surface area contributed by atoms with Crippen LogP contribution in [0.4, 0.5) is 11.4 Å². The average Bonchev–Trinajstić information content (AvgIpc) is 2.78. The molecule has 0 aliphatic rings. The third-order valence-electron chi connectivity index (χ3n) is 2.24. The molecule has 2 rings (SSSR count). The standard InChI is InChI=1S/C10H7N3O4/c14-12(15)8-5-6-11(7-8)9-3-1-2-4-10(9)13(16)17/h1-7H. The average molecular weight is 233 g/mol. The molecule has 17 heavy (non-hydrogen) atoms. The molecule has 1 aromatic carbocycles. The van der Waals surface area contributed by atoms with Gasteiger partial charge >= 0.3 is 0 Å². The number of para-hydroxylation sites is 2. The molecule has 0 atom stereocenters. The van der Waals surface area contributed by atoms with E-state index in [1.807, 2.05) is 0 Å². The summed E-state index contributed by atoms with van der Waals surface area (Å²) in [6.45, 7) is 0. The zero-order valence-corrected chi connectivity index (χ0v) is 8.52. The summed E-state index contributed by atoms with van der Waals surface area (Å²) in [4.78, 5) is 20.2. The van der Waals surface area contributed by atoms with Crippen molar-refractivity contribution in [2.24, 2.45) is 0 Å². The molecule has 7 heteroatoms. The van der Waals surface area contributed by atoms with Crippen molar-refractivity contribution in [3.63, 3.8) is 0 Å². The van der Waals surface area contributed by atoms with E-state index in [9.17, 15) is 20.2 Å². The normalized spacial score (nSPS) is 10.1. The molecule has 0 aliphatic carbocycles. The Hall–Kier alpha value is -2.70. The van der Waals surface area contributed by atoms with E-state index in [-0.39, 0.29) is 11.4 Å². The summed E-state index contributed by atoms with van der Waals surface area (Å²) < 4.78 is 1.36. The molecule has 1 heterocycles. The number of nitrogens with zero attached hydrogens (tertiary/aromatic N) is 3. The monoisotopic (exact) mass is 233 g/mol. The lowest BCUT2D eigenvalue weighted by Gasteiger charge is -2.02. The molecule has 0 N–H and O–H groups in total. The van der Waals surface area contributed by atoms with Gasteiger partial charge in [-0.2, -0.15) is 0 Å². The van der Waals surface area contributed by atoms with Crippen LogP contribution in [0.1, 0.15) is 0 Å². The van der Waals surface area contributed by atoms with Gasteiger partial charge < -0.3 is 4.57 Å². The first-order valence-corrected chi connectivity index (χ1v) is 4.66. The number of nitro benzene ring substituents is 1. The van der Waals surface area contributed by atoms with Crippen LogP contribution in [0.25, 0.3) is 5.69 Å². The fourth-order valence-electron chi connectivity index (χ4n) is 1.48. The van der Waals surface area contributed by atoms with Crippen molar-refractivity contribution in [3.05, 3.63) is 63.0 Å². The molecule has 0 bridgehead atoms. The molecule has 0 unspecified atom stereocenters. The summed E-state index contributed by atoms with van der Waals surface area (Å²) in [5, 5.41) is 21.3. The molecule has 0 spiro atoms. The van der Waals surface area contributed by atoms with Crippen molar-refractivity contribution in [3.8, 4) is 5.69 Å². The van der Waals surface area contributed by atoms with E-state index in [0.29, 0.717) is 5.69 Å². The predicted octanol–water partition coefficient (Wildman–Crippen LogP) is 2.29. The van der Waals surface area contributed by atoms with Crippen LogP contribution in [-0.2, 0) is 0 Å². The van der Waals surface area contributed by atoms with Gasteiger partial charge in [0.05, 0.1) is 16.0 Å². The third-order valence-corrected chi connectivity index (χ3v) is 2.24. The van der Waals surface area contributed by atoms with Gasteiger partial charge in [0, 0.05) is 18.3 Å². The van der Waals surface area contributed by atoms with Gasteiger partial charge in [-0.05, 0) is 6.07 Å². The van der Waals surface area contributed by atoms with Gasteiger partial charge in [-0.15, -0.1) is 0 Å². The quantitative estimate of drug-likeness (QED) is 0.600. The van der Waals surface area contributed by atoms with Crippen LogP contribution in [0.5, 0.6) is 0 Å². The second-order valence-corrected chi connectivity index (χ2v) is 3.28. The highest BCUT2D eigenvalue weighted by Crippen LogP contribution is 2.24. The highest BCUT2D eigenvalue weighted by atomic mass is 16.6. The SMILES string of the molecule is O=[N+]([O-])c1ccn(-c2ccccc2[N+](=O)[O-])c1. The maximum atomic E-state index is 10.8. The maximum absolute atomic E-state index is 10.8. The number of aromatic nitrogens is 1. The molecule has 0 saturated carbocycles. The van der Waals surface area contributed by atoms with Crippen molar-refractivity contribution < 1.29 is 9.85 Å². The summed E-state index contributed by atoms with van der Waals surface area (Å²) in [7, 11) is 0. The number of hydrogen-bond acceptors (Lipinski definition) is 4. The maximum Gasteiger partial charge on any atom is 0.293 e. The van der Waals surface area contributed by atoms with Crippen molar-refractivity contribution in [2.75, 3.05) is 0 Å². The molecular formula is C10H7N3O4. The minimum absolute atomic E-state index is 0.0991. The van der Waals surface area contributed by atoms with Crippen LogP contribution in [0.3, 0.4) is 0 Å². The molecule has 86 valence electrons. The van der Waals surface area contributed by atoms with Crippen molar-refractivity contribution >= 4 is 11.4 Å². The van der Waals surface area contributed by atoms with Gasteiger partial charge in [-0.1, -0.05) is 12.1 Å². The molecule has 2 aromatic rings. The first-order valence-electron chi connectivity index (χ1n) is 4.66. The summed E-state index contributed by atoms with van der Waals surface area (Å²) in [6.07, 6.45) is 2.66. The first kappa shape index (κ1) is 10.8. The second-order valence-electron chi connectivity index (χ2n) is 3.28. The second kappa shape index (κ2) is 4.05. The lowest BCUT2D eigenvalue weighted by Crippen LogP contribution is -1.97. The molecule has 1 aromatic heterocycles. The van der Waals surface area contributed by atoms with Crippen molar-refractivity contribution in [1.29, 1.82) is 0 Å². The Labute approximate surface area is 95.2 Å². The highest BCUT2D eigenvalue weighted by Gasteiger charge is 2.16. The zero-order chi connectivity index (χ0) is 12.4. The lowest BCUT2D eigenvalue weighted by molar-refractivity contribution is -0.385. The molecule has 0 radical (unpaired) electrons. The van der Waals surface area contributed by atoms with Gasteiger partial charge in [0.25, 0.3) is 11.4 Å². The molecule has 0 saturated heterocycles. The zero-order valence-electron chi connectivity index (χ0n) is 8.52. The summed E-state index contributed by atoms with van der Waals surface area (Å²) in [5.41, 5.74) is 0.0896. The van der Waals surface area contributed by atoms with Crippen LogP contribution >= 0.6 is 0 Å². The van der Waals surface area contributed by atoms with Crippen LogP contribution in [0.15, 0.2) is 42.7 Å². The van der Waals surface area contributed by atoms with Crippen molar-refractivity contribution in [1.82, 2.24) is 4.57 Å². The van der Waals surface area contributed by atoms with Crippen molar-refractivity contribution in [2.45, 2.75) is 0 Å². The van der Waals surface area contributed by atoms with Crippen LogP contribution in [-0.4, -0.2) is 14.4 Å². The highest BCUT2D eigenvalue weighted by molar-refractivity contribution is 5.53. The summed E-state index contributed by atoms with van der Waals surface area (Å²) in [5.74, 6) is 0. The molecule has 7 nitrogen and oxygen atoms in total. The van der Waals surface area contributed by atoms with E-state index >= 15 is 0 Å². The summed E-state index contributed by atoms with van der Waals surface area (Å²) in [6, 6.07) is 7.34. The van der Waals surface area contributed by atoms with E-state index in [0.717, 1.165) is 0 Å². The predicted molar refractivity (Wildman–Crippen MR) is 59.1 cm³/mol. The minimum Gasteiger partial charge on any atom is -0.311 e. The fourth-order valence-corrected chi connectivity index (χ4v) is 1.48. The molecule has 0 fully saturated rings. The Kier molecular flexibility index (Phi) is 2.57. The van der Waals surface area contributed by atoms with Crippen LogP contribution in [0, 0.1) is 20.2 Å².